The first-order valence-corrected chi connectivity index (χ1v) is 7.07. The van der Waals surface area contributed by atoms with Crippen molar-refractivity contribution >= 4 is 34.7 Å². The number of hydrogen-bond donors (Lipinski definition) is 2. The van der Waals surface area contributed by atoms with Gasteiger partial charge in [-0.2, -0.15) is 11.8 Å². The van der Waals surface area contributed by atoms with Crippen molar-refractivity contribution in [2.45, 2.75) is 18.1 Å². The van der Waals surface area contributed by atoms with Gasteiger partial charge in [0.25, 0.3) is 0 Å². The zero-order chi connectivity index (χ0) is 12.3. The van der Waals surface area contributed by atoms with Crippen LogP contribution in [0.3, 0.4) is 0 Å². The van der Waals surface area contributed by atoms with E-state index in [0.717, 1.165) is 12.2 Å². The number of rotatable bonds is 4. The molecule has 17 heavy (non-hydrogen) atoms. The Morgan fingerprint density at radius 2 is 2.41 bits per heavy atom. The Morgan fingerprint density at radius 3 is 3.06 bits per heavy atom. The van der Waals surface area contributed by atoms with Crippen molar-refractivity contribution in [1.82, 2.24) is 0 Å². The number of benzene rings is 1. The molecule has 2 nitrogen and oxygen atoms in total. The normalized spacial score (nSPS) is 19.2. The van der Waals surface area contributed by atoms with Crippen molar-refractivity contribution < 1.29 is 4.39 Å². The van der Waals surface area contributed by atoms with Crippen LogP contribution in [-0.2, 0) is 0 Å². The number of nitrogens with two attached hydrogens (primary N) is 1. The third-order valence-electron chi connectivity index (χ3n) is 2.79. The predicted molar refractivity (Wildman–Crippen MR) is 76.3 cm³/mol. The van der Waals surface area contributed by atoms with Gasteiger partial charge < -0.3 is 11.1 Å². The molecule has 1 aliphatic rings. The molecule has 3 N–H and O–H groups in total. The number of anilines is 1. The molecule has 92 valence electrons. The van der Waals surface area contributed by atoms with E-state index in [1.165, 1.54) is 30.7 Å². The average molecular weight is 270 g/mol. The van der Waals surface area contributed by atoms with Gasteiger partial charge in [0.15, 0.2) is 0 Å². The molecule has 0 aliphatic carbocycles. The SMILES string of the molecule is NC(=S)c1cc(F)ccc1NCC1CCCS1. The van der Waals surface area contributed by atoms with Crippen LogP contribution in [0.1, 0.15) is 18.4 Å². The molecule has 1 atom stereocenters. The van der Waals surface area contributed by atoms with Gasteiger partial charge >= 0.3 is 0 Å². The van der Waals surface area contributed by atoms with E-state index < -0.39 is 0 Å². The first-order valence-electron chi connectivity index (χ1n) is 5.61. The molecular weight excluding hydrogens is 255 g/mol. The first-order chi connectivity index (χ1) is 8.16. The lowest BCUT2D eigenvalue weighted by molar-refractivity contribution is 0.627. The van der Waals surface area contributed by atoms with Crippen LogP contribution in [0.5, 0.6) is 0 Å². The van der Waals surface area contributed by atoms with Gasteiger partial charge in [-0.15, -0.1) is 0 Å². The minimum absolute atomic E-state index is 0.228. The summed E-state index contributed by atoms with van der Waals surface area (Å²) in [6.45, 7) is 0.881. The van der Waals surface area contributed by atoms with E-state index in [2.05, 4.69) is 5.32 Å². The zero-order valence-corrected chi connectivity index (χ0v) is 11.0. The van der Waals surface area contributed by atoms with Crippen LogP contribution in [-0.4, -0.2) is 22.5 Å². The molecule has 0 spiro atoms. The summed E-state index contributed by atoms with van der Waals surface area (Å²) in [6.07, 6.45) is 2.52. The minimum Gasteiger partial charge on any atom is -0.389 e. The Balaban J connectivity index is 2.06. The van der Waals surface area contributed by atoms with Gasteiger partial charge in [-0.1, -0.05) is 12.2 Å². The van der Waals surface area contributed by atoms with E-state index in [0.29, 0.717) is 10.8 Å². The van der Waals surface area contributed by atoms with Crippen molar-refractivity contribution in [2.75, 3.05) is 17.6 Å². The van der Waals surface area contributed by atoms with Crippen LogP contribution in [0.25, 0.3) is 0 Å². The zero-order valence-electron chi connectivity index (χ0n) is 9.41. The van der Waals surface area contributed by atoms with Crippen molar-refractivity contribution in [3.05, 3.63) is 29.6 Å². The molecule has 5 heteroatoms. The summed E-state index contributed by atoms with van der Waals surface area (Å²) >= 11 is 6.90. The number of thioether (sulfide) groups is 1. The minimum atomic E-state index is -0.311. The summed E-state index contributed by atoms with van der Waals surface area (Å²) in [5, 5.41) is 3.95. The second-order valence-corrected chi connectivity index (χ2v) is 5.92. The highest BCUT2D eigenvalue weighted by Gasteiger charge is 2.16. The fourth-order valence-electron chi connectivity index (χ4n) is 1.90. The van der Waals surface area contributed by atoms with Crippen LogP contribution < -0.4 is 11.1 Å². The maximum atomic E-state index is 13.1. The summed E-state index contributed by atoms with van der Waals surface area (Å²) < 4.78 is 13.1. The fraction of sp³-hybridized carbons (Fsp3) is 0.417. The standard InChI is InChI=1S/C12H15FN2S2/c13-8-3-4-11(10(6-8)12(14)16)15-7-9-2-1-5-17-9/h3-4,6,9,15H,1-2,5,7H2,(H2,14,16). The van der Waals surface area contributed by atoms with Crippen LogP contribution in [0.15, 0.2) is 18.2 Å². The predicted octanol–water partition coefficient (Wildman–Crippen LogP) is 2.77. The smallest absolute Gasteiger partial charge is 0.124 e. The molecule has 0 saturated carbocycles. The third-order valence-corrected chi connectivity index (χ3v) is 4.41. The van der Waals surface area contributed by atoms with Crippen LogP contribution in [0.2, 0.25) is 0 Å². The number of nitrogens with one attached hydrogen (secondary N) is 1. The van der Waals surface area contributed by atoms with Gasteiger partial charge in [-0.05, 0) is 36.8 Å². The first kappa shape index (κ1) is 12.6. The molecule has 1 fully saturated rings. The summed E-state index contributed by atoms with van der Waals surface area (Å²) in [5.74, 6) is 0.923. The quantitative estimate of drug-likeness (QED) is 0.825. The van der Waals surface area contributed by atoms with Gasteiger partial charge in [0.2, 0.25) is 0 Å². The Hall–Kier alpha value is -0.810. The molecule has 1 aliphatic heterocycles. The van der Waals surface area contributed by atoms with Crippen molar-refractivity contribution in [3.8, 4) is 0 Å². The van der Waals surface area contributed by atoms with Gasteiger partial charge in [0.1, 0.15) is 10.8 Å². The molecule has 0 amide bonds. The topological polar surface area (TPSA) is 38.0 Å². The monoisotopic (exact) mass is 270 g/mol. The highest BCUT2D eigenvalue weighted by Crippen LogP contribution is 2.27. The summed E-state index contributed by atoms with van der Waals surface area (Å²) in [7, 11) is 0. The van der Waals surface area contributed by atoms with E-state index in [4.69, 9.17) is 18.0 Å². The number of hydrogen-bond acceptors (Lipinski definition) is 3. The largest absolute Gasteiger partial charge is 0.389 e. The lowest BCUT2D eigenvalue weighted by Gasteiger charge is -2.14. The fourth-order valence-corrected chi connectivity index (χ4v) is 3.27. The van der Waals surface area contributed by atoms with Crippen molar-refractivity contribution in [2.24, 2.45) is 5.73 Å². The van der Waals surface area contributed by atoms with E-state index in [1.54, 1.807) is 6.07 Å². The van der Waals surface area contributed by atoms with Crippen LogP contribution in [0.4, 0.5) is 10.1 Å². The Bertz CT molecular complexity index is 417. The Kier molecular flexibility index (Phi) is 4.23. The van der Waals surface area contributed by atoms with E-state index in [9.17, 15) is 4.39 Å². The number of halogens is 1. The molecule has 1 heterocycles. The van der Waals surface area contributed by atoms with Gasteiger partial charge in [0.05, 0.1) is 0 Å². The Labute approximate surface area is 110 Å². The molecule has 1 aromatic rings. The summed E-state index contributed by atoms with van der Waals surface area (Å²) in [4.78, 5) is 0.228. The average Bonchev–Trinajstić information content (AvgIpc) is 2.80. The highest BCUT2D eigenvalue weighted by molar-refractivity contribution is 8.00. The van der Waals surface area contributed by atoms with Crippen LogP contribution in [0, 0.1) is 5.82 Å². The molecule has 1 aromatic carbocycles. The van der Waals surface area contributed by atoms with Gasteiger partial charge in [-0.25, -0.2) is 4.39 Å². The maximum absolute atomic E-state index is 13.1. The van der Waals surface area contributed by atoms with Crippen LogP contribution >= 0.6 is 24.0 Å². The molecule has 0 radical (unpaired) electrons. The van der Waals surface area contributed by atoms with Gasteiger partial charge in [0, 0.05) is 23.0 Å². The highest BCUT2D eigenvalue weighted by atomic mass is 32.2. The second-order valence-electron chi connectivity index (χ2n) is 4.07. The lowest BCUT2D eigenvalue weighted by Crippen LogP contribution is -2.18. The third kappa shape index (κ3) is 3.33. The molecule has 1 saturated heterocycles. The number of thiocarbonyl (C=S) groups is 1. The molecular formula is C12H15FN2S2. The van der Waals surface area contributed by atoms with E-state index in [1.807, 2.05) is 11.8 Å². The molecule has 0 aromatic heterocycles. The molecule has 2 rings (SSSR count). The second kappa shape index (κ2) is 5.69. The molecule has 0 bridgehead atoms. The summed E-state index contributed by atoms with van der Waals surface area (Å²) in [6, 6.07) is 4.50. The summed E-state index contributed by atoms with van der Waals surface area (Å²) in [5.41, 5.74) is 7.00. The Morgan fingerprint density at radius 1 is 1.59 bits per heavy atom. The van der Waals surface area contributed by atoms with Crippen molar-refractivity contribution in [1.29, 1.82) is 0 Å². The van der Waals surface area contributed by atoms with Gasteiger partial charge in [-0.3, -0.25) is 0 Å². The van der Waals surface area contributed by atoms with E-state index in [-0.39, 0.29) is 10.8 Å². The van der Waals surface area contributed by atoms with Crippen molar-refractivity contribution in [3.63, 3.8) is 0 Å². The molecule has 1 unspecified atom stereocenters. The lowest BCUT2D eigenvalue weighted by atomic mass is 10.1. The maximum Gasteiger partial charge on any atom is 0.124 e. The van der Waals surface area contributed by atoms with E-state index >= 15 is 0 Å².